The molecule has 0 heterocycles. The summed E-state index contributed by atoms with van der Waals surface area (Å²) in [6.07, 6.45) is 8.84. The molecule has 1 fully saturated rings. The molecule has 1 aliphatic carbocycles. The number of hydrogen-bond donors (Lipinski definition) is 0. The van der Waals surface area contributed by atoms with E-state index >= 15 is 0 Å². The highest BCUT2D eigenvalue weighted by atomic mass is 19.2. The number of aryl methyl sites for hydroxylation is 1. The summed E-state index contributed by atoms with van der Waals surface area (Å²) in [4.78, 5) is 0. The van der Waals surface area contributed by atoms with E-state index in [1.54, 1.807) is 30.3 Å². The summed E-state index contributed by atoms with van der Waals surface area (Å²) >= 11 is 0. The molecule has 156 valence electrons. The Morgan fingerprint density at radius 1 is 0.966 bits per heavy atom. The maximum atomic E-state index is 14.3. The average Bonchev–Trinajstić information content (AvgIpc) is 2.73. The van der Waals surface area contributed by atoms with E-state index in [1.807, 2.05) is 26.0 Å². The molecule has 0 radical (unpaired) electrons. The van der Waals surface area contributed by atoms with Crippen molar-refractivity contribution in [3.8, 4) is 5.75 Å². The molecular weight excluding hydrogens is 373 g/mol. The van der Waals surface area contributed by atoms with Crippen molar-refractivity contribution in [3.63, 3.8) is 0 Å². The van der Waals surface area contributed by atoms with Crippen LogP contribution in [0.3, 0.4) is 0 Å². The summed E-state index contributed by atoms with van der Waals surface area (Å²) in [5.41, 5.74) is 1.75. The van der Waals surface area contributed by atoms with Crippen LogP contribution in [0.4, 0.5) is 13.2 Å². The Labute approximate surface area is 171 Å². The molecule has 2 aromatic rings. The van der Waals surface area contributed by atoms with E-state index in [2.05, 4.69) is 0 Å². The molecule has 1 aliphatic rings. The van der Waals surface area contributed by atoms with E-state index in [1.165, 1.54) is 0 Å². The minimum absolute atomic E-state index is 0.298. The number of hydrogen-bond acceptors (Lipinski definition) is 1. The lowest BCUT2D eigenvalue weighted by Gasteiger charge is -2.27. The molecule has 0 bridgehead atoms. The van der Waals surface area contributed by atoms with Crippen molar-refractivity contribution in [1.82, 2.24) is 0 Å². The quantitative estimate of drug-likeness (QED) is 0.467. The third-order valence-corrected chi connectivity index (χ3v) is 5.76. The van der Waals surface area contributed by atoms with Gasteiger partial charge in [0.25, 0.3) is 0 Å². The first-order chi connectivity index (χ1) is 14.0. The Morgan fingerprint density at radius 3 is 2.38 bits per heavy atom. The first kappa shape index (κ1) is 21.5. The van der Waals surface area contributed by atoms with Crippen molar-refractivity contribution in [1.29, 1.82) is 0 Å². The summed E-state index contributed by atoms with van der Waals surface area (Å²) in [5, 5.41) is 0. The van der Waals surface area contributed by atoms with Crippen molar-refractivity contribution in [3.05, 3.63) is 70.5 Å². The lowest BCUT2D eigenvalue weighted by molar-refractivity contribution is 0.320. The zero-order valence-corrected chi connectivity index (χ0v) is 17.2. The third kappa shape index (κ3) is 5.23. The van der Waals surface area contributed by atoms with Crippen molar-refractivity contribution >= 4 is 6.08 Å². The molecule has 4 heteroatoms. The van der Waals surface area contributed by atoms with Gasteiger partial charge < -0.3 is 4.74 Å². The Hall–Kier alpha value is -2.23. The molecular formula is C25H29F3O. The number of rotatable bonds is 7. The van der Waals surface area contributed by atoms with Crippen LogP contribution in [0.5, 0.6) is 5.75 Å². The van der Waals surface area contributed by atoms with Crippen molar-refractivity contribution < 1.29 is 17.9 Å². The highest BCUT2D eigenvalue weighted by Gasteiger charge is 2.22. The fourth-order valence-electron chi connectivity index (χ4n) is 4.12. The lowest BCUT2D eigenvalue weighted by atomic mass is 9.78. The largest absolute Gasteiger partial charge is 0.491 e. The topological polar surface area (TPSA) is 9.23 Å². The summed E-state index contributed by atoms with van der Waals surface area (Å²) in [6.45, 7) is 4.23. The molecule has 0 saturated heterocycles. The van der Waals surface area contributed by atoms with E-state index < -0.39 is 11.6 Å². The third-order valence-electron chi connectivity index (χ3n) is 5.76. The Morgan fingerprint density at radius 2 is 1.72 bits per heavy atom. The summed E-state index contributed by atoms with van der Waals surface area (Å²) in [6, 6.07) is 8.58. The molecule has 29 heavy (non-hydrogen) atoms. The zero-order chi connectivity index (χ0) is 20.8. The van der Waals surface area contributed by atoms with Crippen LogP contribution in [0, 0.1) is 23.4 Å². The molecule has 3 rings (SSSR count). The predicted molar refractivity (Wildman–Crippen MR) is 112 cm³/mol. The fourth-order valence-corrected chi connectivity index (χ4v) is 4.12. The minimum atomic E-state index is -0.759. The number of benzene rings is 2. The Bertz CT molecular complexity index is 851. The van der Waals surface area contributed by atoms with E-state index in [0.29, 0.717) is 41.7 Å². The smallest absolute Gasteiger partial charge is 0.166 e. The minimum Gasteiger partial charge on any atom is -0.491 e. The van der Waals surface area contributed by atoms with Gasteiger partial charge in [-0.3, -0.25) is 0 Å². The maximum Gasteiger partial charge on any atom is 0.166 e. The van der Waals surface area contributed by atoms with Crippen LogP contribution in [0.15, 0.2) is 36.4 Å². The molecule has 0 spiro atoms. The molecule has 0 aliphatic heterocycles. The first-order valence-electron chi connectivity index (χ1n) is 10.6. The van der Waals surface area contributed by atoms with Gasteiger partial charge in [0.15, 0.2) is 23.2 Å². The van der Waals surface area contributed by atoms with E-state index in [4.69, 9.17) is 4.74 Å². The summed E-state index contributed by atoms with van der Waals surface area (Å²) in [5.74, 6) is -0.840. The van der Waals surface area contributed by atoms with Crippen molar-refractivity contribution in [2.24, 2.45) is 5.92 Å². The molecule has 0 amide bonds. The van der Waals surface area contributed by atoms with Crippen LogP contribution < -0.4 is 4.74 Å². The highest BCUT2D eigenvalue weighted by molar-refractivity contribution is 5.51. The van der Waals surface area contributed by atoms with Gasteiger partial charge in [-0.1, -0.05) is 43.7 Å². The van der Waals surface area contributed by atoms with Crippen molar-refractivity contribution in [2.75, 3.05) is 6.61 Å². The summed E-state index contributed by atoms with van der Waals surface area (Å²) in [7, 11) is 0. The van der Waals surface area contributed by atoms with Gasteiger partial charge in [-0.05, 0) is 74.1 Å². The fraction of sp³-hybridized carbons (Fsp3) is 0.440. The molecule has 0 aromatic heterocycles. The van der Waals surface area contributed by atoms with Crippen LogP contribution in [0.1, 0.15) is 68.6 Å². The second kappa shape index (κ2) is 10.00. The maximum absolute atomic E-state index is 14.3. The normalized spacial score (nSPS) is 19.6. The standard InChI is InChI=1S/C25H29F3O/c1-3-5-19-12-13-20(25(28)24(19)27)11-8-17-6-9-18(10-7-17)21-14-15-23(29-4-2)22(26)16-21/h8,11-18H,3-7,9-10H2,1-2H3/b11-8+. The lowest BCUT2D eigenvalue weighted by Crippen LogP contribution is -2.12. The van der Waals surface area contributed by atoms with E-state index in [-0.39, 0.29) is 5.82 Å². The highest BCUT2D eigenvalue weighted by Crippen LogP contribution is 2.37. The molecule has 0 unspecified atom stereocenters. The first-order valence-corrected chi connectivity index (χ1v) is 10.6. The van der Waals surface area contributed by atoms with Crippen LogP contribution in [-0.4, -0.2) is 6.61 Å². The predicted octanol–water partition coefficient (Wildman–Crippen LogP) is 7.44. The molecule has 0 N–H and O–H groups in total. The van der Waals surface area contributed by atoms with E-state index in [0.717, 1.165) is 37.7 Å². The van der Waals surface area contributed by atoms with Gasteiger partial charge in [-0.2, -0.15) is 0 Å². The second-order valence-corrected chi connectivity index (χ2v) is 7.79. The van der Waals surface area contributed by atoms with Crippen LogP contribution >= 0.6 is 0 Å². The number of allylic oxidation sites excluding steroid dienone is 1. The van der Waals surface area contributed by atoms with Gasteiger partial charge in [0.1, 0.15) is 0 Å². The van der Waals surface area contributed by atoms with Crippen LogP contribution in [0.25, 0.3) is 6.08 Å². The Kier molecular flexibility index (Phi) is 7.40. The second-order valence-electron chi connectivity index (χ2n) is 7.79. The number of ether oxygens (including phenoxy) is 1. The van der Waals surface area contributed by atoms with Crippen LogP contribution in [0.2, 0.25) is 0 Å². The van der Waals surface area contributed by atoms with Crippen molar-refractivity contribution in [2.45, 2.75) is 58.3 Å². The molecule has 2 aromatic carbocycles. The Balaban J connectivity index is 1.60. The number of halogens is 3. The SMILES string of the molecule is CCCc1ccc(/C=C/C2CCC(c3ccc(OCC)c(F)c3)CC2)c(F)c1F. The van der Waals surface area contributed by atoms with Crippen LogP contribution in [-0.2, 0) is 6.42 Å². The zero-order valence-electron chi connectivity index (χ0n) is 17.2. The molecule has 0 atom stereocenters. The molecule has 1 nitrogen and oxygen atoms in total. The molecule has 1 saturated carbocycles. The van der Waals surface area contributed by atoms with Gasteiger partial charge in [0.2, 0.25) is 0 Å². The van der Waals surface area contributed by atoms with Gasteiger partial charge in [0.05, 0.1) is 6.61 Å². The van der Waals surface area contributed by atoms with Gasteiger partial charge in [0, 0.05) is 5.56 Å². The van der Waals surface area contributed by atoms with Gasteiger partial charge in [-0.25, -0.2) is 13.2 Å². The van der Waals surface area contributed by atoms with Gasteiger partial charge >= 0.3 is 0 Å². The van der Waals surface area contributed by atoms with E-state index in [9.17, 15) is 13.2 Å². The van der Waals surface area contributed by atoms with Gasteiger partial charge in [-0.15, -0.1) is 0 Å². The monoisotopic (exact) mass is 402 g/mol. The summed E-state index contributed by atoms with van der Waals surface area (Å²) < 4.78 is 47.8. The average molecular weight is 403 g/mol.